The lowest BCUT2D eigenvalue weighted by molar-refractivity contribution is -0.137. The van der Waals surface area contributed by atoms with Gasteiger partial charge in [0.15, 0.2) is 0 Å². The summed E-state index contributed by atoms with van der Waals surface area (Å²) >= 11 is 5.74. The van der Waals surface area contributed by atoms with Crippen LogP contribution in [0.4, 0.5) is 13.2 Å². The van der Waals surface area contributed by atoms with Gasteiger partial charge in [0.2, 0.25) is 5.28 Å². The van der Waals surface area contributed by atoms with E-state index in [-0.39, 0.29) is 28.5 Å². The van der Waals surface area contributed by atoms with Gasteiger partial charge in [0, 0.05) is 0 Å². The predicted molar refractivity (Wildman–Crippen MR) is 66.7 cm³/mol. The molecule has 0 fully saturated rings. The first-order chi connectivity index (χ1) is 9.20. The molecule has 0 bridgehead atoms. The maximum Gasteiger partial charge on any atom is 0.416 e. The number of Topliss-reactive ketones (excluding diaryl/α,β-unsaturated/α-hetero) is 1. The monoisotopic (exact) mass is 304 g/mol. The molecule has 0 saturated heterocycles. The Kier molecular flexibility index (Phi) is 3.56. The van der Waals surface area contributed by atoms with Crippen LogP contribution in [0, 0.1) is 0 Å². The molecule has 0 atom stereocenters. The molecule has 2 rings (SSSR count). The van der Waals surface area contributed by atoms with Gasteiger partial charge < -0.3 is 0 Å². The first kappa shape index (κ1) is 14.5. The van der Waals surface area contributed by atoms with Crippen LogP contribution in [0.2, 0.25) is 5.28 Å². The lowest BCUT2D eigenvalue weighted by atomic mass is 10.1. The van der Waals surface area contributed by atoms with Gasteiger partial charge in [0.05, 0.1) is 23.0 Å². The molecule has 1 heterocycles. The quantitative estimate of drug-likeness (QED) is 0.802. The molecule has 0 unspecified atom stereocenters. The molecule has 0 aliphatic rings. The van der Waals surface area contributed by atoms with Gasteiger partial charge in [-0.15, -0.1) is 0 Å². The van der Waals surface area contributed by atoms with E-state index in [2.05, 4.69) is 4.98 Å². The summed E-state index contributed by atoms with van der Waals surface area (Å²) in [6, 6.07) is 2.57. The summed E-state index contributed by atoms with van der Waals surface area (Å²) in [5, 5.41) is -0.347. The first-order valence-corrected chi connectivity index (χ1v) is 5.84. The van der Waals surface area contributed by atoms with E-state index in [4.69, 9.17) is 11.6 Å². The summed E-state index contributed by atoms with van der Waals surface area (Å²) in [7, 11) is 0. The molecule has 0 N–H and O–H groups in total. The second-order valence-corrected chi connectivity index (χ2v) is 4.54. The number of aromatic nitrogens is 2. The molecular formula is C12H8ClF3N2O2. The number of hydrogen-bond acceptors (Lipinski definition) is 3. The minimum absolute atomic E-state index is 0.0244. The number of fused-ring (bicyclic) bond motifs is 1. The second-order valence-electron chi connectivity index (χ2n) is 4.20. The van der Waals surface area contributed by atoms with Crippen LogP contribution in [0.3, 0.4) is 0 Å². The van der Waals surface area contributed by atoms with Crippen molar-refractivity contribution < 1.29 is 18.0 Å². The van der Waals surface area contributed by atoms with E-state index in [0.29, 0.717) is 0 Å². The fourth-order valence-corrected chi connectivity index (χ4v) is 1.96. The predicted octanol–water partition coefficient (Wildman–Crippen LogP) is 2.66. The van der Waals surface area contributed by atoms with Crippen LogP contribution >= 0.6 is 11.6 Å². The highest BCUT2D eigenvalue weighted by atomic mass is 35.5. The molecule has 0 radical (unpaired) electrons. The summed E-state index contributed by atoms with van der Waals surface area (Å²) in [6.07, 6.45) is -4.53. The van der Waals surface area contributed by atoms with Gasteiger partial charge >= 0.3 is 6.18 Å². The molecule has 0 aliphatic carbocycles. The highest BCUT2D eigenvalue weighted by Crippen LogP contribution is 2.30. The fourth-order valence-electron chi connectivity index (χ4n) is 1.73. The second kappa shape index (κ2) is 4.90. The lowest BCUT2D eigenvalue weighted by Gasteiger charge is -2.10. The van der Waals surface area contributed by atoms with E-state index in [0.717, 1.165) is 22.8 Å². The summed E-state index contributed by atoms with van der Waals surface area (Å²) in [5.41, 5.74) is -1.73. The number of carbonyl (C=O) groups excluding carboxylic acids is 1. The van der Waals surface area contributed by atoms with E-state index in [1.54, 1.807) is 0 Å². The number of benzene rings is 1. The summed E-state index contributed by atoms with van der Waals surface area (Å²) < 4.78 is 38.7. The summed E-state index contributed by atoms with van der Waals surface area (Å²) in [4.78, 5) is 26.8. The van der Waals surface area contributed by atoms with E-state index in [1.165, 1.54) is 6.92 Å². The van der Waals surface area contributed by atoms with Crippen molar-refractivity contribution in [3.63, 3.8) is 0 Å². The van der Waals surface area contributed by atoms with Crippen molar-refractivity contribution in [1.29, 1.82) is 0 Å². The molecule has 0 amide bonds. The van der Waals surface area contributed by atoms with E-state index >= 15 is 0 Å². The third-order valence-electron chi connectivity index (χ3n) is 2.62. The molecule has 0 aliphatic heterocycles. The molecule has 0 spiro atoms. The number of ketones is 1. The zero-order valence-corrected chi connectivity index (χ0v) is 10.9. The van der Waals surface area contributed by atoms with Crippen molar-refractivity contribution in [1.82, 2.24) is 9.55 Å². The van der Waals surface area contributed by atoms with Crippen molar-refractivity contribution in [2.75, 3.05) is 0 Å². The largest absolute Gasteiger partial charge is 0.416 e. The molecule has 0 saturated carbocycles. The molecule has 1 aromatic heterocycles. The lowest BCUT2D eigenvalue weighted by Crippen LogP contribution is -2.25. The zero-order valence-electron chi connectivity index (χ0n) is 10.2. The van der Waals surface area contributed by atoms with Crippen molar-refractivity contribution in [3.8, 4) is 0 Å². The average Bonchev–Trinajstić information content (AvgIpc) is 2.32. The zero-order chi connectivity index (χ0) is 15.1. The van der Waals surface area contributed by atoms with E-state index in [9.17, 15) is 22.8 Å². The number of rotatable bonds is 2. The normalized spacial score (nSPS) is 11.8. The van der Waals surface area contributed by atoms with Gasteiger partial charge in [-0.3, -0.25) is 14.2 Å². The number of alkyl halides is 3. The van der Waals surface area contributed by atoms with Crippen LogP contribution in [-0.4, -0.2) is 15.3 Å². The number of nitrogens with zero attached hydrogens (tertiary/aromatic N) is 2. The standard InChI is InChI=1S/C12H8ClF3N2O2/c1-6(19)5-18-10(20)8-3-2-7(12(14,15)16)4-9(8)17-11(18)13/h2-4H,5H2,1H3. The van der Waals surface area contributed by atoms with Crippen molar-refractivity contribution in [3.05, 3.63) is 39.4 Å². The van der Waals surface area contributed by atoms with Crippen molar-refractivity contribution in [2.45, 2.75) is 19.6 Å². The third kappa shape index (κ3) is 2.67. The molecule has 1 aromatic carbocycles. The van der Waals surface area contributed by atoms with E-state index < -0.39 is 17.3 Å². The fraction of sp³-hybridized carbons (Fsp3) is 0.250. The van der Waals surface area contributed by atoms with Crippen LogP contribution in [0.15, 0.2) is 23.0 Å². The molecule has 4 nitrogen and oxygen atoms in total. The van der Waals surface area contributed by atoms with Gasteiger partial charge in [-0.2, -0.15) is 13.2 Å². The Balaban J connectivity index is 2.70. The molecule has 8 heteroatoms. The first-order valence-electron chi connectivity index (χ1n) is 5.47. The van der Waals surface area contributed by atoms with E-state index in [1.807, 2.05) is 0 Å². The van der Waals surface area contributed by atoms with Gasteiger partial charge in [-0.1, -0.05) is 0 Å². The Morgan fingerprint density at radius 1 is 1.40 bits per heavy atom. The number of halogens is 4. The Morgan fingerprint density at radius 3 is 2.60 bits per heavy atom. The van der Waals surface area contributed by atoms with Crippen LogP contribution in [0.1, 0.15) is 12.5 Å². The van der Waals surface area contributed by atoms with Gasteiger partial charge in [0.1, 0.15) is 5.78 Å². The Hall–Kier alpha value is -1.89. The highest BCUT2D eigenvalue weighted by molar-refractivity contribution is 6.28. The molecule has 106 valence electrons. The van der Waals surface area contributed by atoms with Crippen LogP contribution in [-0.2, 0) is 17.5 Å². The van der Waals surface area contributed by atoms with Crippen LogP contribution in [0.5, 0.6) is 0 Å². The highest BCUT2D eigenvalue weighted by Gasteiger charge is 2.31. The van der Waals surface area contributed by atoms with Crippen LogP contribution < -0.4 is 5.56 Å². The SMILES string of the molecule is CC(=O)Cn1c(Cl)nc2cc(C(F)(F)F)ccc2c1=O. The molecule has 20 heavy (non-hydrogen) atoms. The molecular weight excluding hydrogens is 297 g/mol. The maximum absolute atomic E-state index is 12.6. The number of hydrogen-bond donors (Lipinski definition) is 0. The third-order valence-corrected chi connectivity index (χ3v) is 2.91. The van der Waals surface area contributed by atoms with Gasteiger partial charge in [-0.25, -0.2) is 4.98 Å². The Labute approximate surface area is 115 Å². The smallest absolute Gasteiger partial charge is 0.298 e. The minimum atomic E-state index is -4.53. The topological polar surface area (TPSA) is 52.0 Å². The van der Waals surface area contributed by atoms with Crippen LogP contribution in [0.25, 0.3) is 10.9 Å². The Morgan fingerprint density at radius 2 is 2.05 bits per heavy atom. The van der Waals surface area contributed by atoms with Crippen molar-refractivity contribution in [2.24, 2.45) is 0 Å². The number of carbonyl (C=O) groups is 1. The summed E-state index contributed by atoms with van der Waals surface area (Å²) in [6.45, 7) is 0.987. The Bertz CT molecular complexity index is 753. The minimum Gasteiger partial charge on any atom is -0.298 e. The maximum atomic E-state index is 12.6. The van der Waals surface area contributed by atoms with Gasteiger partial charge in [0.25, 0.3) is 5.56 Å². The summed E-state index contributed by atoms with van der Waals surface area (Å²) in [5.74, 6) is -0.318. The van der Waals surface area contributed by atoms with Crippen molar-refractivity contribution >= 4 is 28.3 Å². The average molecular weight is 305 g/mol. The molecule has 2 aromatic rings. The van der Waals surface area contributed by atoms with Gasteiger partial charge in [-0.05, 0) is 36.7 Å².